The molecule has 1 heterocycles. The van der Waals surface area contributed by atoms with E-state index < -0.39 is 0 Å². The third-order valence-corrected chi connectivity index (χ3v) is 4.77. The van der Waals surface area contributed by atoms with Gasteiger partial charge in [0.2, 0.25) is 0 Å². The molecule has 0 aliphatic heterocycles. The minimum Gasteiger partial charge on any atom is -0.366 e. The van der Waals surface area contributed by atoms with Crippen LogP contribution >= 0.6 is 35.3 Å². The minimum atomic E-state index is 0.712. The van der Waals surface area contributed by atoms with Gasteiger partial charge in [-0.05, 0) is 25.6 Å². The largest absolute Gasteiger partial charge is 0.366 e. The Morgan fingerprint density at radius 3 is 2.88 bits per heavy atom. The van der Waals surface area contributed by atoms with E-state index in [1.807, 2.05) is 30.1 Å². The Kier molecular flexibility index (Phi) is 6.84. The molecule has 17 heavy (non-hydrogen) atoms. The van der Waals surface area contributed by atoms with E-state index in [4.69, 9.17) is 12.2 Å². The van der Waals surface area contributed by atoms with E-state index in [1.54, 1.807) is 0 Å². The minimum absolute atomic E-state index is 0.712. The van der Waals surface area contributed by atoms with Crippen LogP contribution in [0.1, 0.15) is 22.5 Å². The van der Waals surface area contributed by atoms with Gasteiger partial charge in [0.05, 0.1) is 5.69 Å². The van der Waals surface area contributed by atoms with Crippen molar-refractivity contribution in [2.75, 3.05) is 19.3 Å². The number of rotatable bonds is 6. The zero-order valence-electron chi connectivity index (χ0n) is 10.5. The maximum absolute atomic E-state index is 4.99. The van der Waals surface area contributed by atoms with Gasteiger partial charge in [-0.2, -0.15) is 11.8 Å². The standard InChI is InChI=1S/C11H19N3S3/c1-4-9-8(2)17-10(14-9)7-16-6-5-13-11(15)12-3/h4-7H2,1-3H3,(H2,12,13,15). The summed E-state index contributed by atoms with van der Waals surface area (Å²) in [6.45, 7) is 5.20. The normalized spacial score (nSPS) is 10.3. The maximum atomic E-state index is 4.99. The highest BCUT2D eigenvalue weighted by atomic mass is 32.2. The molecule has 0 fully saturated rings. The van der Waals surface area contributed by atoms with Gasteiger partial charge >= 0.3 is 0 Å². The molecule has 0 aliphatic carbocycles. The molecule has 0 aromatic carbocycles. The van der Waals surface area contributed by atoms with Gasteiger partial charge in [0.25, 0.3) is 0 Å². The highest BCUT2D eigenvalue weighted by Crippen LogP contribution is 2.21. The molecular weight excluding hydrogens is 270 g/mol. The zero-order chi connectivity index (χ0) is 12.7. The summed E-state index contributed by atoms with van der Waals surface area (Å²) in [5, 5.41) is 7.97. The molecule has 0 radical (unpaired) electrons. The molecular formula is C11H19N3S3. The Bertz CT molecular complexity index is 363. The molecule has 0 saturated heterocycles. The second-order valence-corrected chi connectivity index (χ2v) is 6.32. The van der Waals surface area contributed by atoms with Crippen LogP contribution in [-0.4, -0.2) is 29.4 Å². The highest BCUT2D eigenvalue weighted by molar-refractivity contribution is 7.98. The van der Waals surface area contributed by atoms with Crippen LogP contribution in [0.25, 0.3) is 0 Å². The van der Waals surface area contributed by atoms with Gasteiger partial charge in [-0.1, -0.05) is 6.92 Å². The van der Waals surface area contributed by atoms with Gasteiger partial charge < -0.3 is 10.6 Å². The van der Waals surface area contributed by atoms with Crippen molar-refractivity contribution in [1.29, 1.82) is 0 Å². The number of nitrogens with one attached hydrogen (secondary N) is 2. The van der Waals surface area contributed by atoms with Crippen molar-refractivity contribution in [1.82, 2.24) is 15.6 Å². The topological polar surface area (TPSA) is 37.0 Å². The molecule has 0 saturated carbocycles. The summed E-state index contributed by atoms with van der Waals surface area (Å²) < 4.78 is 0. The SMILES string of the molecule is CCc1nc(CSCCNC(=S)NC)sc1C. The molecule has 0 atom stereocenters. The lowest BCUT2D eigenvalue weighted by atomic mass is 10.3. The summed E-state index contributed by atoms with van der Waals surface area (Å²) >= 11 is 8.70. The molecule has 0 bridgehead atoms. The molecule has 6 heteroatoms. The van der Waals surface area contributed by atoms with Crippen molar-refractivity contribution in [2.24, 2.45) is 0 Å². The summed E-state index contributed by atoms with van der Waals surface area (Å²) in [5.74, 6) is 2.04. The first-order valence-electron chi connectivity index (χ1n) is 5.65. The lowest BCUT2D eigenvalue weighted by molar-refractivity contribution is 0.942. The second kappa shape index (κ2) is 7.89. The first-order valence-corrected chi connectivity index (χ1v) is 8.03. The van der Waals surface area contributed by atoms with Gasteiger partial charge in [-0.3, -0.25) is 0 Å². The Morgan fingerprint density at radius 2 is 2.29 bits per heavy atom. The number of thiazole rings is 1. The summed E-state index contributed by atoms with van der Waals surface area (Å²) in [4.78, 5) is 5.98. The van der Waals surface area contributed by atoms with Gasteiger partial charge in [0.1, 0.15) is 5.01 Å². The average Bonchev–Trinajstić information content (AvgIpc) is 2.69. The van der Waals surface area contributed by atoms with Crippen LogP contribution in [0.4, 0.5) is 0 Å². The number of thioether (sulfide) groups is 1. The summed E-state index contributed by atoms with van der Waals surface area (Å²) in [6.07, 6.45) is 1.03. The first kappa shape index (κ1) is 14.7. The first-order chi connectivity index (χ1) is 8.17. The van der Waals surface area contributed by atoms with Gasteiger partial charge in [-0.15, -0.1) is 11.3 Å². The van der Waals surface area contributed by atoms with Crippen LogP contribution in [0, 0.1) is 6.92 Å². The molecule has 0 amide bonds. The van der Waals surface area contributed by atoms with Crippen molar-refractivity contribution in [3.63, 3.8) is 0 Å². The molecule has 0 spiro atoms. The predicted octanol–water partition coefficient (Wildman–Crippen LogP) is 2.34. The smallest absolute Gasteiger partial charge is 0.166 e. The lowest BCUT2D eigenvalue weighted by Crippen LogP contribution is -2.33. The molecule has 0 unspecified atom stereocenters. The van der Waals surface area contributed by atoms with Crippen molar-refractivity contribution in [3.05, 3.63) is 15.6 Å². The molecule has 1 rings (SSSR count). The van der Waals surface area contributed by atoms with E-state index in [-0.39, 0.29) is 0 Å². The third kappa shape index (κ3) is 5.23. The van der Waals surface area contributed by atoms with Crippen LogP contribution in [-0.2, 0) is 12.2 Å². The summed E-state index contributed by atoms with van der Waals surface area (Å²) in [7, 11) is 1.83. The van der Waals surface area contributed by atoms with Crippen molar-refractivity contribution >= 4 is 40.4 Å². The van der Waals surface area contributed by atoms with Gasteiger partial charge in [0, 0.05) is 30.0 Å². The van der Waals surface area contributed by atoms with Crippen molar-refractivity contribution in [3.8, 4) is 0 Å². The van der Waals surface area contributed by atoms with E-state index >= 15 is 0 Å². The van der Waals surface area contributed by atoms with E-state index in [1.165, 1.54) is 15.6 Å². The molecule has 96 valence electrons. The fourth-order valence-corrected chi connectivity index (χ4v) is 3.40. The maximum Gasteiger partial charge on any atom is 0.166 e. The summed E-state index contributed by atoms with van der Waals surface area (Å²) in [5.41, 5.74) is 1.25. The van der Waals surface area contributed by atoms with Crippen LogP contribution in [0.3, 0.4) is 0 Å². The average molecular weight is 289 g/mol. The number of nitrogens with zero attached hydrogens (tertiary/aromatic N) is 1. The predicted molar refractivity (Wildman–Crippen MR) is 82.1 cm³/mol. The zero-order valence-corrected chi connectivity index (χ0v) is 12.9. The molecule has 0 aliphatic rings. The Labute approximate surface area is 117 Å². The van der Waals surface area contributed by atoms with E-state index in [0.717, 1.165) is 24.5 Å². The molecule has 1 aromatic rings. The van der Waals surface area contributed by atoms with Crippen molar-refractivity contribution < 1.29 is 0 Å². The fourth-order valence-electron chi connectivity index (χ4n) is 1.36. The summed E-state index contributed by atoms with van der Waals surface area (Å²) in [6, 6.07) is 0. The van der Waals surface area contributed by atoms with Crippen LogP contribution in [0.5, 0.6) is 0 Å². The second-order valence-electron chi connectivity index (χ2n) is 3.52. The third-order valence-electron chi connectivity index (χ3n) is 2.26. The molecule has 1 aromatic heterocycles. The number of hydrogen-bond acceptors (Lipinski definition) is 4. The van der Waals surface area contributed by atoms with Gasteiger partial charge in [0.15, 0.2) is 5.11 Å². The van der Waals surface area contributed by atoms with Crippen LogP contribution in [0.15, 0.2) is 0 Å². The highest BCUT2D eigenvalue weighted by Gasteiger charge is 2.05. The number of hydrogen-bond donors (Lipinski definition) is 2. The van der Waals surface area contributed by atoms with Crippen LogP contribution < -0.4 is 10.6 Å². The Balaban J connectivity index is 2.20. The monoisotopic (exact) mass is 289 g/mol. The van der Waals surface area contributed by atoms with E-state index in [0.29, 0.717) is 5.11 Å². The quantitative estimate of drug-likeness (QED) is 0.621. The van der Waals surface area contributed by atoms with E-state index in [2.05, 4.69) is 29.5 Å². The molecule has 2 N–H and O–H groups in total. The Morgan fingerprint density at radius 1 is 1.53 bits per heavy atom. The van der Waals surface area contributed by atoms with Gasteiger partial charge in [-0.25, -0.2) is 4.98 Å². The molecule has 3 nitrogen and oxygen atoms in total. The van der Waals surface area contributed by atoms with E-state index in [9.17, 15) is 0 Å². The number of thiocarbonyl (C=S) groups is 1. The fraction of sp³-hybridized carbons (Fsp3) is 0.636. The van der Waals surface area contributed by atoms with Crippen molar-refractivity contribution in [2.45, 2.75) is 26.0 Å². The Hall–Kier alpha value is -0.330. The number of aromatic nitrogens is 1. The lowest BCUT2D eigenvalue weighted by Gasteiger charge is -2.05. The van der Waals surface area contributed by atoms with Crippen LogP contribution in [0.2, 0.25) is 0 Å². The number of aryl methyl sites for hydroxylation is 2.